The second kappa shape index (κ2) is 4.93. The molecule has 0 saturated carbocycles. The maximum Gasteiger partial charge on any atom is 0.451 e. The number of amides is 1. The third-order valence-electron chi connectivity index (χ3n) is 2.52. The van der Waals surface area contributed by atoms with E-state index in [-0.39, 0.29) is 0 Å². The minimum Gasteiger partial charge on any atom is -0.264 e. The van der Waals surface area contributed by atoms with Crippen molar-refractivity contribution in [1.82, 2.24) is 0 Å². The summed E-state index contributed by atoms with van der Waals surface area (Å²) < 4.78 is 76.8. The summed E-state index contributed by atoms with van der Waals surface area (Å²) in [4.78, 5) is 16.7. The fourth-order valence-electron chi connectivity index (χ4n) is 1.68. The standard InChI is InChI=1S/C11H6F6N3O/c12-10(13,14)7-6(20-4-2-1-3-5-20)8(21)19-9(18-7)11(15,16)17/h1-6H/q+1/t6-/m0/s1. The molecule has 112 valence electrons. The summed E-state index contributed by atoms with van der Waals surface area (Å²) in [6.45, 7) is 0. The van der Waals surface area contributed by atoms with Crippen molar-refractivity contribution in [3.05, 3.63) is 30.6 Å². The minimum atomic E-state index is -5.24. The second-order valence-corrected chi connectivity index (χ2v) is 3.99. The molecule has 2 rings (SSSR count). The van der Waals surface area contributed by atoms with Crippen molar-refractivity contribution < 1.29 is 35.7 Å². The van der Waals surface area contributed by atoms with E-state index in [1.54, 1.807) is 0 Å². The van der Waals surface area contributed by atoms with Gasteiger partial charge in [-0.1, -0.05) is 6.07 Å². The van der Waals surface area contributed by atoms with Crippen molar-refractivity contribution in [2.75, 3.05) is 0 Å². The zero-order valence-electron chi connectivity index (χ0n) is 9.98. The fraction of sp³-hybridized carbons (Fsp3) is 0.273. The van der Waals surface area contributed by atoms with Crippen LogP contribution in [0.1, 0.15) is 6.04 Å². The highest BCUT2D eigenvalue weighted by molar-refractivity contribution is 6.19. The van der Waals surface area contributed by atoms with Crippen LogP contribution in [0.2, 0.25) is 0 Å². The van der Waals surface area contributed by atoms with Gasteiger partial charge in [-0.15, -0.1) is 0 Å². The third kappa shape index (κ3) is 3.09. The van der Waals surface area contributed by atoms with Crippen molar-refractivity contribution in [2.45, 2.75) is 18.4 Å². The van der Waals surface area contributed by atoms with Gasteiger partial charge in [-0.2, -0.15) is 35.9 Å². The Morgan fingerprint density at radius 3 is 1.95 bits per heavy atom. The number of amidine groups is 1. The molecule has 0 aliphatic carbocycles. The molecule has 1 aromatic rings. The summed E-state index contributed by atoms with van der Waals surface area (Å²) >= 11 is 0. The predicted molar refractivity (Wildman–Crippen MR) is 57.7 cm³/mol. The van der Waals surface area contributed by atoms with E-state index in [0.29, 0.717) is 0 Å². The molecule has 1 atom stereocenters. The van der Waals surface area contributed by atoms with E-state index in [1.165, 1.54) is 18.2 Å². The van der Waals surface area contributed by atoms with Crippen LogP contribution in [0.5, 0.6) is 0 Å². The largest absolute Gasteiger partial charge is 0.451 e. The first kappa shape index (κ1) is 15.1. The van der Waals surface area contributed by atoms with Crippen LogP contribution in [0.15, 0.2) is 40.6 Å². The van der Waals surface area contributed by atoms with Gasteiger partial charge in [0, 0.05) is 12.1 Å². The molecule has 0 aromatic carbocycles. The van der Waals surface area contributed by atoms with E-state index < -0.39 is 35.8 Å². The summed E-state index contributed by atoms with van der Waals surface area (Å²) in [6.07, 6.45) is -8.22. The van der Waals surface area contributed by atoms with Crippen molar-refractivity contribution >= 4 is 17.5 Å². The quantitative estimate of drug-likeness (QED) is 0.578. The zero-order valence-corrected chi connectivity index (χ0v) is 9.98. The molecule has 10 heteroatoms. The molecule has 0 radical (unpaired) electrons. The normalized spacial score (nSPS) is 20.1. The molecule has 1 aliphatic rings. The van der Waals surface area contributed by atoms with Gasteiger partial charge < -0.3 is 0 Å². The molecule has 1 aromatic heterocycles. The lowest BCUT2D eigenvalue weighted by Gasteiger charge is -2.19. The molecular weight excluding hydrogens is 304 g/mol. The third-order valence-corrected chi connectivity index (χ3v) is 2.52. The monoisotopic (exact) mass is 310 g/mol. The molecule has 0 saturated heterocycles. The van der Waals surface area contributed by atoms with Crippen LogP contribution in [-0.4, -0.2) is 29.8 Å². The highest BCUT2D eigenvalue weighted by atomic mass is 19.4. The van der Waals surface area contributed by atoms with E-state index in [9.17, 15) is 31.1 Å². The van der Waals surface area contributed by atoms with E-state index in [4.69, 9.17) is 0 Å². The molecule has 1 aliphatic heterocycles. The van der Waals surface area contributed by atoms with Gasteiger partial charge in [0.15, 0.2) is 12.4 Å². The predicted octanol–water partition coefficient (Wildman–Crippen LogP) is 2.02. The van der Waals surface area contributed by atoms with Crippen LogP contribution >= 0.6 is 0 Å². The number of aliphatic imine (C=N–C) groups is 2. The maximum absolute atomic E-state index is 12.9. The zero-order chi connectivity index (χ0) is 15.8. The molecule has 4 nitrogen and oxygen atoms in total. The lowest BCUT2D eigenvalue weighted by Crippen LogP contribution is -2.54. The Morgan fingerprint density at radius 1 is 0.905 bits per heavy atom. The summed E-state index contributed by atoms with van der Waals surface area (Å²) in [6, 6.07) is 2.05. The first-order valence-corrected chi connectivity index (χ1v) is 5.42. The van der Waals surface area contributed by atoms with Crippen LogP contribution in [0.25, 0.3) is 0 Å². The number of hydrogen-bond donors (Lipinski definition) is 0. The molecule has 0 fully saturated rings. The van der Waals surface area contributed by atoms with Crippen molar-refractivity contribution in [1.29, 1.82) is 0 Å². The maximum atomic E-state index is 12.9. The van der Waals surface area contributed by atoms with Crippen LogP contribution in [0.3, 0.4) is 0 Å². The highest BCUT2D eigenvalue weighted by Crippen LogP contribution is 2.29. The highest BCUT2D eigenvalue weighted by Gasteiger charge is 2.54. The van der Waals surface area contributed by atoms with E-state index in [1.807, 2.05) is 0 Å². The Morgan fingerprint density at radius 2 is 1.48 bits per heavy atom. The molecule has 0 bridgehead atoms. The topological polar surface area (TPSA) is 45.7 Å². The first-order chi connectivity index (χ1) is 9.60. The van der Waals surface area contributed by atoms with Gasteiger partial charge in [-0.3, -0.25) is 4.79 Å². The van der Waals surface area contributed by atoms with Crippen molar-refractivity contribution in [3.63, 3.8) is 0 Å². The van der Waals surface area contributed by atoms with Gasteiger partial charge in [0.25, 0.3) is 6.04 Å². The van der Waals surface area contributed by atoms with Crippen molar-refractivity contribution in [2.24, 2.45) is 9.98 Å². The Kier molecular flexibility index (Phi) is 3.56. The number of aromatic nitrogens is 1. The number of rotatable bonds is 1. The van der Waals surface area contributed by atoms with Gasteiger partial charge in [0.05, 0.1) is 0 Å². The number of halogens is 6. The first-order valence-electron chi connectivity index (χ1n) is 5.42. The summed E-state index contributed by atoms with van der Waals surface area (Å²) in [5.74, 6) is -3.69. The average Bonchev–Trinajstić information content (AvgIpc) is 2.36. The smallest absolute Gasteiger partial charge is 0.264 e. The summed E-state index contributed by atoms with van der Waals surface area (Å²) in [7, 11) is 0. The van der Waals surface area contributed by atoms with Crippen LogP contribution in [0.4, 0.5) is 26.3 Å². The molecule has 2 heterocycles. The van der Waals surface area contributed by atoms with Crippen molar-refractivity contribution in [3.8, 4) is 0 Å². The van der Waals surface area contributed by atoms with E-state index in [2.05, 4.69) is 9.98 Å². The van der Waals surface area contributed by atoms with E-state index >= 15 is 0 Å². The second-order valence-electron chi connectivity index (χ2n) is 3.99. The van der Waals surface area contributed by atoms with Crippen LogP contribution < -0.4 is 4.57 Å². The summed E-state index contributed by atoms with van der Waals surface area (Å²) in [5, 5.41) is 0. The Labute approximate surface area is 113 Å². The Balaban J connectivity index is 2.56. The number of alkyl halides is 6. The number of carbonyl (C=O) groups excluding carboxylic acids is 1. The SMILES string of the molecule is O=C1N=C(C(F)(F)F)N=C(C(F)(F)F)[C@@H]1[n+]1ccccc1. The molecule has 1 amide bonds. The Bertz CT molecular complexity index is 617. The lowest BCUT2D eigenvalue weighted by molar-refractivity contribution is -0.694. The average molecular weight is 310 g/mol. The molecule has 0 spiro atoms. The van der Waals surface area contributed by atoms with Gasteiger partial charge in [0.2, 0.25) is 11.5 Å². The lowest BCUT2D eigenvalue weighted by atomic mass is 10.1. The number of nitrogens with zero attached hydrogens (tertiary/aromatic N) is 3. The summed E-state index contributed by atoms with van der Waals surface area (Å²) in [5.41, 5.74) is -1.86. The fourth-order valence-corrected chi connectivity index (χ4v) is 1.68. The molecule has 0 unspecified atom stereocenters. The Hall–Kier alpha value is -2.26. The van der Waals surface area contributed by atoms with Crippen LogP contribution in [-0.2, 0) is 4.79 Å². The van der Waals surface area contributed by atoms with Gasteiger partial charge in [0.1, 0.15) is 0 Å². The minimum absolute atomic E-state index is 0.797. The number of pyridine rings is 1. The van der Waals surface area contributed by atoms with E-state index in [0.717, 1.165) is 17.0 Å². The molecule has 21 heavy (non-hydrogen) atoms. The number of hydrogen-bond acceptors (Lipinski definition) is 2. The molecule has 0 N–H and O–H groups in total. The molecular formula is C11H6F6N3O+. The van der Waals surface area contributed by atoms with Gasteiger partial charge in [-0.25, -0.2) is 4.99 Å². The van der Waals surface area contributed by atoms with Gasteiger partial charge in [-0.05, 0) is 0 Å². The number of carbonyl (C=O) groups is 1. The van der Waals surface area contributed by atoms with Gasteiger partial charge >= 0.3 is 18.3 Å². The van der Waals surface area contributed by atoms with Crippen LogP contribution in [0, 0.1) is 0 Å².